The number of hydrogen-bond acceptors (Lipinski definition) is 5. The zero-order valence-electron chi connectivity index (χ0n) is 16.1. The van der Waals surface area contributed by atoms with Crippen LogP contribution in [0.2, 0.25) is 0 Å². The van der Waals surface area contributed by atoms with Crippen LogP contribution in [0.3, 0.4) is 0 Å². The van der Waals surface area contributed by atoms with Gasteiger partial charge in [-0.3, -0.25) is 23.6 Å². The molecule has 1 aliphatic rings. The Bertz CT molecular complexity index is 917. The van der Waals surface area contributed by atoms with Gasteiger partial charge in [-0.25, -0.2) is 4.79 Å². The summed E-state index contributed by atoms with van der Waals surface area (Å²) in [6, 6.07) is 10.7. The molecular formula is C19H26ClN5O3. The van der Waals surface area contributed by atoms with Gasteiger partial charge >= 0.3 is 5.69 Å². The fourth-order valence-electron chi connectivity index (χ4n) is 3.24. The molecule has 0 aliphatic carbocycles. The van der Waals surface area contributed by atoms with Gasteiger partial charge in [0.25, 0.3) is 11.5 Å². The second-order valence-corrected chi connectivity index (χ2v) is 6.69. The van der Waals surface area contributed by atoms with Crippen molar-refractivity contribution in [2.45, 2.75) is 0 Å². The highest BCUT2D eigenvalue weighted by molar-refractivity contribution is 5.94. The summed E-state index contributed by atoms with van der Waals surface area (Å²) in [4.78, 5) is 40.4. The van der Waals surface area contributed by atoms with E-state index in [1.54, 1.807) is 19.2 Å². The van der Waals surface area contributed by atoms with E-state index in [2.05, 4.69) is 15.1 Å². The van der Waals surface area contributed by atoms with Gasteiger partial charge in [-0.15, -0.1) is 12.4 Å². The summed E-state index contributed by atoms with van der Waals surface area (Å²) >= 11 is 0. The first-order valence-corrected chi connectivity index (χ1v) is 9.05. The average molecular weight is 408 g/mol. The third kappa shape index (κ3) is 4.82. The Morgan fingerprint density at radius 3 is 2.29 bits per heavy atom. The molecule has 1 fully saturated rings. The summed E-state index contributed by atoms with van der Waals surface area (Å²) in [6.07, 6.45) is 0. The molecule has 3 rings (SSSR count). The third-order valence-electron chi connectivity index (χ3n) is 4.95. The maximum atomic E-state index is 12.1. The van der Waals surface area contributed by atoms with Crippen molar-refractivity contribution in [3.05, 3.63) is 62.8 Å². The molecule has 28 heavy (non-hydrogen) atoms. The molecule has 1 aromatic carbocycles. The van der Waals surface area contributed by atoms with E-state index in [1.165, 1.54) is 17.7 Å². The molecule has 152 valence electrons. The van der Waals surface area contributed by atoms with Crippen LogP contribution >= 0.6 is 12.4 Å². The Balaban J connectivity index is 0.00000280. The van der Waals surface area contributed by atoms with Gasteiger partial charge in [0.15, 0.2) is 0 Å². The number of aromatic nitrogens is 2. The molecule has 2 heterocycles. The lowest BCUT2D eigenvalue weighted by Crippen LogP contribution is -2.50. The molecule has 0 bridgehead atoms. The number of halogens is 1. The summed E-state index contributed by atoms with van der Waals surface area (Å²) in [6.45, 7) is 4.43. The molecule has 1 aliphatic heterocycles. The number of carbonyl (C=O) groups is 1. The highest BCUT2D eigenvalue weighted by atomic mass is 35.5. The maximum Gasteiger partial charge on any atom is 0.332 e. The smallest absolute Gasteiger partial charge is 0.332 e. The summed E-state index contributed by atoms with van der Waals surface area (Å²) in [5.74, 6) is 0.587. The Kier molecular flexibility index (Phi) is 7.42. The fraction of sp³-hybridized carbons (Fsp3) is 0.421. The molecule has 1 aromatic heterocycles. The molecule has 2 aromatic rings. The van der Waals surface area contributed by atoms with Crippen LogP contribution in [0.25, 0.3) is 0 Å². The summed E-state index contributed by atoms with van der Waals surface area (Å²) in [7, 11) is 3.17. The number of carbonyl (C=O) groups excluding carboxylic acids is 1. The van der Waals surface area contributed by atoms with E-state index < -0.39 is 0 Å². The van der Waals surface area contributed by atoms with Crippen LogP contribution in [0, 0.1) is 0 Å². The topological polar surface area (TPSA) is 79.6 Å². The minimum absolute atomic E-state index is 0. The van der Waals surface area contributed by atoms with Crippen molar-refractivity contribution in [3.63, 3.8) is 0 Å². The molecule has 1 saturated heterocycles. The highest BCUT2D eigenvalue weighted by Crippen LogP contribution is 2.12. The minimum Gasteiger partial charge on any atom is -0.355 e. The van der Waals surface area contributed by atoms with Crippen LogP contribution in [0.1, 0.15) is 10.4 Å². The van der Waals surface area contributed by atoms with Gasteiger partial charge in [-0.05, 0) is 12.1 Å². The number of anilines is 1. The second-order valence-electron chi connectivity index (χ2n) is 6.69. The number of nitrogens with one attached hydrogen (secondary N) is 1. The summed E-state index contributed by atoms with van der Waals surface area (Å²) in [5.41, 5.74) is 0.0524. The van der Waals surface area contributed by atoms with Crippen molar-refractivity contribution in [2.24, 2.45) is 14.1 Å². The number of benzene rings is 1. The first-order chi connectivity index (χ1) is 13.0. The van der Waals surface area contributed by atoms with Crippen LogP contribution < -0.4 is 21.5 Å². The van der Waals surface area contributed by atoms with Gasteiger partial charge in [0, 0.05) is 65.0 Å². The van der Waals surface area contributed by atoms with E-state index in [0.717, 1.165) is 37.3 Å². The zero-order chi connectivity index (χ0) is 19.4. The van der Waals surface area contributed by atoms with E-state index >= 15 is 0 Å². The predicted octanol–water partition coefficient (Wildman–Crippen LogP) is 0.0578. The summed E-state index contributed by atoms with van der Waals surface area (Å²) < 4.78 is 2.62. The molecular weight excluding hydrogens is 382 g/mol. The highest BCUT2D eigenvalue weighted by Gasteiger charge is 2.20. The van der Waals surface area contributed by atoms with Crippen LogP contribution in [0.4, 0.5) is 5.82 Å². The summed E-state index contributed by atoms with van der Waals surface area (Å²) in [5, 5.41) is 2.94. The molecule has 0 saturated carbocycles. The number of nitrogens with zero attached hydrogens (tertiary/aromatic N) is 4. The first kappa shape index (κ1) is 21.7. The van der Waals surface area contributed by atoms with E-state index in [9.17, 15) is 14.4 Å². The van der Waals surface area contributed by atoms with Crippen molar-refractivity contribution in [2.75, 3.05) is 44.2 Å². The Morgan fingerprint density at radius 2 is 1.64 bits per heavy atom. The molecule has 1 amide bonds. The lowest BCUT2D eigenvalue weighted by Gasteiger charge is -2.36. The number of rotatable bonds is 5. The SMILES string of the molecule is Cl.Cn1c(N2CCN(CCNC(=O)c3ccccc3)CC2)cc(=O)n(C)c1=O. The number of piperazine rings is 1. The van der Waals surface area contributed by atoms with Crippen LogP contribution in [-0.2, 0) is 14.1 Å². The van der Waals surface area contributed by atoms with Crippen molar-refractivity contribution in [1.82, 2.24) is 19.4 Å². The zero-order valence-corrected chi connectivity index (χ0v) is 16.9. The fourth-order valence-corrected chi connectivity index (χ4v) is 3.24. The van der Waals surface area contributed by atoms with Crippen LogP contribution in [0.5, 0.6) is 0 Å². The lowest BCUT2D eigenvalue weighted by atomic mass is 10.2. The van der Waals surface area contributed by atoms with Crippen molar-refractivity contribution in [1.29, 1.82) is 0 Å². The molecule has 1 N–H and O–H groups in total. The molecule has 0 spiro atoms. The van der Waals surface area contributed by atoms with Gasteiger partial charge in [-0.2, -0.15) is 0 Å². The Labute approximate surface area is 169 Å². The molecule has 0 radical (unpaired) electrons. The van der Waals surface area contributed by atoms with E-state index in [1.807, 2.05) is 18.2 Å². The number of hydrogen-bond donors (Lipinski definition) is 1. The van der Waals surface area contributed by atoms with Gasteiger partial charge < -0.3 is 10.2 Å². The molecule has 0 atom stereocenters. The maximum absolute atomic E-state index is 12.1. The molecule has 9 heteroatoms. The Hall–Kier alpha value is -2.58. The first-order valence-electron chi connectivity index (χ1n) is 9.05. The van der Waals surface area contributed by atoms with Gasteiger partial charge in [0.2, 0.25) is 0 Å². The minimum atomic E-state index is -0.316. The largest absolute Gasteiger partial charge is 0.355 e. The normalized spacial score (nSPS) is 14.4. The van der Waals surface area contributed by atoms with Gasteiger partial charge in [-0.1, -0.05) is 18.2 Å². The molecule has 0 unspecified atom stereocenters. The van der Waals surface area contributed by atoms with Crippen molar-refractivity contribution < 1.29 is 4.79 Å². The second kappa shape index (κ2) is 9.57. The van der Waals surface area contributed by atoms with Crippen LogP contribution in [0.15, 0.2) is 46.0 Å². The standard InChI is InChI=1S/C19H25N5O3.ClH/c1-21-16(14-17(25)22(2)19(21)27)24-12-10-23(11-13-24)9-8-20-18(26)15-6-4-3-5-7-15;/h3-7,14H,8-13H2,1-2H3,(H,20,26);1H. The number of amides is 1. The van der Waals surface area contributed by atoms with E-state index in [-0.39, 0.29) is 29.6 Å². The molecule has 8 nitrogen and oxygen atoms in total. The average Bonchev–Trinajstić information content (AvgIpc) is 2.70. The van der Waals surface area contributed by atoms with E-state index in [0.29, 0.717) is 17.9 Å². The monoisotopic (exact) mass is 407 g/mol. The van der Waals surface area contributed by atoms with E-state index in [4.69, 9.17) is 0 Å². The predicted molar refractivity (Wildman–Crippen MR) is 112 cm³/mol. The Morgan fingerprint density at radius 1 is 1.00 bits per heavy atom. The van der Waals surface area contributed by atoms with Gasteiger partial charge in [0.1, 0.15) is 5.82 Å². The van der Waals surface area contributed by atoms with Gasteiger partial charge in [0.05, 0.1) is 0 Å². The van der Waals surface area contributed by atoms with Crippen LogP contribution in [-0.4, -0.2) is 59.2 Å². The lowest BCUT2D eigenvalue weighted by molar-refractivity contribution is 0.0947. The third-order valence-corrected chi connectivity index (χ3v) is 4.95. The quantitative estimate of drug-likeness (QED) is 0.758. The van der Waals surface area contributed by atoms with Crippen molar-refractivity contribution >= 4 is 24.1 Å². The van der Waals surface area contributed by atoms with Crippen molar-refractivity contribution in [3.8, 4) is 0 Å².